The van der Waals surface area contributed by atoms with Crippen LogP contribution in [0.25, 0.3) is 0 Å². The highest BCUT2D eigenvalue weighted by molar-refractivity contribution is 9.10. The van der Waals surface area contributed by atoms with Crippen molar-refractivity contribution in [1.82, 2.24) is 5.32 Å². The molecule has 4 nitrogen and oxygen atoms in total. The van der Waals surface area contributed by atoms with Crippen LogP contribution in [0, 0.1) is 5.92 Å². The van der Waals surface area contributed by atoms with E-state index in [-0.39, 0.29) is 11.8 Å². The number of anilines is 1. The predicted molar refractivity (Wildman–Crippen MR) is 92.9 cm³/mol. The van der Waals surface area contributed by atoms with E-state index in [0.717, 1.165) is 15.7 Å². The highest BCUT2D eigenvalue weighted by Gasteiger charge is 2.37. The minimum absolute atomic E-state index is 0.137. The summed E-state index contributed by atoms with van der Waals surface area (Å²) in [5, 5.41) is 2.86. The van der Waals surface area contributed by atoms with E-state index in [4.69, 9.17) is 0 Å². The first-order valence-electron chi connectivity index (χ1n) is 7.54. The van der Waals surface area contributed by atoms with Gasteiger partial charge in [-0.1, -0.05) is 42.5 Å². The average Bonchev–Trinajstić information content (AvgIpc) is 2.95. The minimum atomic E-state index is -0.606. The molecule has 1 N–H and O–H groups in total. The second kappa shape index (κ2) is 6.96. The van der Waals surface area contributed by atoms with Gasteiger partial charge in [0.25, 0.3) is 0 Å². The summed E-state index contributed by atoms with van der Waals surface area (Å²) in [5.74, 6) is -0.943. The Morgan fingerprint density at radius 3 is 2.57 bits per heavy atom. The van der Waals surface area contributed by atoms with Crippen LogP contribution in [0.3, 0.4) is 0 Å². The van der Waals surface area contributed by atoms with Gasteiger partial charge in [-0.25, -0.2) is 0 Å². The summed E-state index contributed by atoms with van der Waals surface area (Å²) in [7, 11) is 0. The molecule has 0 spiro atoms. The van der Waals surface area contributed by atoms with E-state index in [2.05, 4.69) is 21.2 Å². The Bertz CT molecular complexity index is 718. The normalized spacial score (nSPS) is 17.3. The van der Waals surface area contributed by atoms with Crippen LogP contribution in [-0.4, -0.2) is 18.4 Å². The van der Waals surface area contributed by atoms with Crippen molar-refractivity contribution in [3.05, 3.63) is 64.6 Å². The Balaban J connectivity index is 1.65. The van der Waals surface area contributed by atoms with E-state index >= 15 is 0 Å². The largest absolute Gasteiger partial charge is 0.351 e. The van der Waals surface area contributed by atoms with Crippen molar-refractivity contribution in [2.75, 3.05) is 11.4 Å². The van der Waals surface area contributed by atoms with Gasteiger partial charge in [0.05, 0.1) is 5.69 Å². The number of nitrogens with one attached hydrogen (secondary N) is 1. The van der Waals surface area contributed by atoms with Crippen LogP contribution in [0.15, 0.2) is 59.1 Å². The van der Waals surface area contributed by atoms with Crippen molar-refractivity contribution in [3.8, 4) is 0 Å². The summed E-state index contributed by atoms with van der Waals surface area (Å²) < 4.78 is 0.860. The zero-order valence-corrected chi connectivity index (χ0v) is 14.1. The minimum Gasteiger partial charge on any atom is -0.351 e. The highest BCUT2D eigenvalue weighted by Crippen LogP contribution is 2.31. The fourth-order valence-corrected chi connectivity index (χ4v) is 3.24. The summed E-state index contributed by atoms with van der Waals surface area (Å²) in [6, 6.07) is 17.2. The van der Waals surface area contributed by atoms with Crippen molar-refractivity contribution in [3.63, 3.8) is 0 Å². The van der Waals surface area contributed by atoms with Gasteiger partial charge >= 0.3 is 0 Å². The van der Waals surface area contributed by atoms with E-state index in [9.17, 15) is 9.59 Å². The highest BCUT2D eigenvalue weighted by atomic mass is 79.9. The van der Waals surface area contributed by atoms with Crippen LogP contribution in [0.4, 0.5) is 5.69 Å². The van der Waals surface area contributed by atoms with Gasteiger partial charge < -0.3 is 10.2 Å². The number of nitrogens with zero attached hydrogens (tertiary/aromatic N) is 1. The van der Waals surface area contributed by atoms with Crippen LogP contribution in [0.5, 0.6) is 0 Å². The predicted octanol–water partition coefficient (Wildman–Crippen LogP) is 3.12. The first kappa shape index (κ1) is 15.7. The number of hydrogen-bond acceptors (Lipinski definition) is 2. The van der Waals surface area contributed by atoms with Crippen molar-refractivity contribution in [2.45, 2.75) is 13.0 Å². The monoisotopic (exact) mass is 372 g/mol. The Hall–Kier alpha value is -2.14. The van der Waals surface area contributed by atoms with E-state index in [1.807, 2.05) is 54.6 Å². The third kappa shape index (κ3) is 3.45. The second-order valence-corrected chi connectivity index (χ2v) is 6.34. The van der Waals surface area contributed by atoms with E-state index in [1.54, 1.807) is 4.90 Å². The fourth-order valence-electron chi connectivity index (χ4n) is 2.74. The third-order valence-corrected chi connectivity index (χ3v) is 4.65. The van der Waals surface area contributed by atoms with Gasteiger partial charge in [-0.15, -0.1) is 0 Å². The zero-order valence-electron chi connectivity index (χ0n) is 12.5. The average molecular weight is 373 g/mol. The van der Waals surface area contributed by atoms with Crippen LogP contribution in [0.1, 0.15) is 12.0 Å². The Morgan fingerprint density at radius 2 is 1.83 bits per heavy atom. The second-order valence-electron chi connectivity index (χ2n) is 5.49. The van der Waals surface area contributed by atoms with Crippen LogP contribution < -0.4 is 10.2 Å². The molecule has 0 aromatic heterocycles. The Morgan fingerprint density at radius 1 is 1.13 bits per heavy atom. The van der Waals surface area contributed by atoms with E-state index < -0.39 is 5.92 Å². The standard InChI is InChI=1S/C18H17BrN2O2/c19-15-8-4-5-9-16(15)21-11-10-14(18(21)23)17(22)20-12-13-6-2-1-3-7-13/h1-9,14H,10-12H2,(H,20,22)/t14-/m0/s1. The molecule has 118 valence electrons. The van der Waals surface area contributed by atoms with Gasteiger partial charge in [0, 0.05) is 17.6 Å². The molecule has 3 rings (SSSR count). The lowest BCUT2D eigenvalue weighted by Crippen LogP contribution is -2.36. The lowest BCUT2D eigenvalue weighted by Gasteiger charge is -2.18. The fraction of sp³-hybridized carbons (Fsp3) is 0.222. The molecule has 23 heavy (non-hydrogen) atoms. The molecule has 1 aliphatic heterocycles. The summed E-state index contributed by atoms with van der Waals surface area (Å²) in [5.41, 5.74) is 1.84. The van der Waals surface area contributed by atoms with Gasteiger partial charge in [0.1, 0.15) is 5.92 Å². The van der Waals surface area contributed by atoms with Crippen molar-refractivity contribution >= 4 is 33.4 Å². The molecule has 2 aromatic rings. The molecule has 1 aliphatic rings. The van der Waals surface area contributed by atoms with Gasteiger partial charge in [-0.2, -0.15) is 0 Å². The molecule has 1 atom stereocenters. The van der Waals surface area contributed by atoms with Crippen LogP contribution >= 0.6 is 15.9 Å². The number of benzene rings is 2. The van der Waals surface area contributed by atoms with E-state index in [1.165, 1.54) is 0 Å². The van der Waals surface area contributed by atoms with E-state index in [0.29, 0.717) is 19.5 Å². The van der Waals surface area contributed by atoms with Crippen LogP contribution in [0.2, 0.25) is 0 Å². The maximum atomic E-state index is 12.6. The molecule has 0 radical (unpaired) electrons. The van der Waals surface area contributed by atoms with Gasteiger partial charge in [-0.3, -0.25) is 9.59 Å². The Kier molecular flexibility index (Phi) is 4.76. The number of hydrogen-bond donors (Lipinski definition) is 1. The summed E-state index contributed by atoms with van der Waals surface area (Å²) in [4.78, 5) is 26.6. The topological polar surface area (TPSA) is 49.4 Å². The summed E-state index contributed by atoms with van der Waals surface area (Å²) >= 11 is 3.46. The molecule has 2 amide bonds. The van der Waals surface area contributed by atoms with Crippen molar-refractivity contribution < 1.29 is 9.59 Å². The van der Waals surface area contributed by atoms with Crippen molar-refractivity contribution in [2.24, 2.45) is 5.92 Å². The molecule has 0 saturated carbocycles. The summed E-state index contributed by atoms with van der Waals surface area (Å²) in [6.07, 6.45) is 0.542. The molecule has 1 fully saturated rings. The number of para-hydroxylation sites is 1. The molecule has 1 saturated heterocycles. The number of halogens is 1. The van der Waals surface area contributed by atoms with Gasteiger partial charge in [0.2, 0.25) is 11.8 Å². The maximum absolute atomic E-state index is 12.6. The molecule has 0 aliphatic carbocycles. The van der Waals surface area contributed by atoms with Crippen molar-refractivity contribution in [1.29, 1.82) is 0 Å². The number of amides is 2. The zero-order chi connectivity index (χ0) is 16.2. The number of carbonyl (C=O) groups excluding carboxylic acids is 2. The lowest BCUT2D eigenvalue weighted by atomic mass is 10.1. The molecule has 0 bridgehead atoms. The smallest absolute Gasteiger partial charge is 0.239 e. The van der Waals surface area contributed by atoms with Crippen LogP contribution in [-0.2, 0) is 16.1 Å². The molecule has 1 heterocycles. The van der Waals surface area contributed by atoms with Gasteiger partial charge in [0.15, 0.2) is 0 Å². The quantitative estimate of drug-likeness (QED) is 0.838. The molecule has 5 heteroatoms. The SMILES string of the molecule is O=C(NCc1ccccc1)[C@@H]1CCN(c2ccccc2Br)C1=O. The number of carbonyl (C=O) groups is 2. The lowest BCUT2D eigenvalue weighted by molar-refractivity contribution is -0.132. The number of rotatable bonds is 4. The molecular formula is C18H17BrN2O2. The first-order chi connectivity index (χ1) is 11.2. The Labute approximate surface area is 143 Å². The summed E-state index contributed by atoms with van der Waals surface area (Å²) in [6.45, 7) is 1.00. The molecular weight excluding hydrogens is 356 g/mol. The molecule has 2 aromatic carbocycles. The first-order valence-corrected chi connectivity index (χ1v) is 8.33. The van der Waals surface area contributed by atoms with Gasteiger partial charge in [-0.05, 0) is 40.0 Å². The third-order valence-electron chi connectivity index (χ3n) is 3.97. The maximum Gasteiger partial charge on any atom is 0.239 e. The molecule has 0 unspecified atom stereocenters.